The van der Waals surface area contributed by atoms with Gasteiger partial charge in [0.25, 0.3) is 0 Å². The van der Waals surface area contributed by atoms with Gasteiger partial charge in [-0.3, -0.25) is 0 Å². The lowest BCUT2D eigenvalue weighted by Crippen LogP contribution is -2.06. The van der Waals surface area contributed by atoms with Crippen molar-refractivity contribution in [1.29, 1.82) is 5.26 Å². The summed E-state index contributed by atoms with van der Waals surface area (Å²) in [6.07, 6.45) is 0. The van der Waals surface area contributed by atoms with E-state index in [1.807, 2.05) is 18.2 Å². The lowest BCUT2D eigenvalue weighted by atomic mass is 10.2. The van der Waals surface area contributed by atoms with Gasteiger partial charge in [0.1, 0.15) is 0 Å². The number of fused-ring (bicyclic) bond motifs is 1. The van der Waals surface area contributed by atoms with Crippen LogP contribution in [-0.4, -0.2) is 9.55 Å². The van der Waals surface area contributed by atoms with Gasteiger partial charge in [-0.1, -0.05) is 13.8 Å². The van der Waals surface area contributed by atoms with Crippen LogP contribution in [0.15, 0.2) is 29.6 Å². The molecular formula is C17H17N3S. The normalized spacial score (nSPS) is 11.2. The number of nitriles is 1. The summed E-state index contributed by atoms with van der Waals surface area (Å²) in [4.78, 5) is 6.01. The molecule has 0 saturated heterocycles. The minimum atomic E-state index is 0.539. The van der Waals surface area contributed by atoms with Gasteiger partial charge in [0.2, 0.25) is 0 Å². The third-order valence-electron chi connectivity index (χ3n) is 3.49. The van der Waals surface area contributed by atoms with Crippen LogP contribution < -0.4 is 0 Å². The summed E-state index contributed by atoms with van der Waals surface area (Å²) in [7, 11) is 0. The fraction of sp³-hybridized carbons (Fsp3) is 0.294. The van der Waals surface area contributed by atoms with Gasteiger partial charge in [0, 0.05) is 6.54 Å². The Morgan fingerprint density at radius 2 is 2.14 bits per heavy atom. The van der Waals surface area contributed by atoms with Gasteiger partial charge in [-0.25, -0.2) is 4.98 Å². The molecule has 21 heavy (non-hydrogen) atoms. The maximum absolute atomic E-state index is 9.06. The van der Waals surface area contributed by atoms with Crippen molar-refractivity contribution in [3.8, 4) is 16.8 Å². The molecule has 0 bridgehead atoms. The number of hydrogen-bond donors (Lipinski definition) is 0. The van der Waals surface area contributed by atoms with Crippen molar-refractivity contribution in [2.75, 3.05) is 0 Å². The number of imidazole rings is 1. The molecule has 0 unspecified atom stereocenters. The van der Waals surface area contributed by atoms with E-state index in [-0.39, 0.29) is 0 Å². The topological polar surface area (TPSA) is 41.6 Å². The third kappa shape index (κ3) is 2.45. The summed E-state index contributed by atoms with van der Waals surface area (Å²) in [6.45, 7) is 7.46. The van der Waals surface area contributed by atoms with Crippen LogP contribution in [0.5, 0.6) is 0 Å². The number of aryl methyl sites for hydroxylation is 1. The molecule has 2 aromatic heterocycles. The number of hydrogen-bond acceptors (Lipinski definition) is 3. The van der Waals surface area contributed by atoms with E-state index in [1.165, 1.54) is 10.4 Å². The number of thiophene rings is 1. The zero-order valence-electron chi connectivity index (χ0n) is 12.4. The molecule has 0 N–H and O–H groups in total. The standard InChI is InChI=1S/C17H17N3S/c1-11(2)10-20-15-5-4-13(9-18)8-14(15)19-17(20)16-12(3)6-7-21-16/h4-8,11H,10H2,1-3H3. The second kappa shape index (κ2) is 5.34. The molecule has 0 atom stereocenters. The summed E-state index contributed by atoms with van der Waals surface area (Å²) in [5.41, 5.74) is 3.91. The average Bonchev–Trinajstić information content (AvgIpc) is 3.02. The molecule has 0 aliphatic rings. The smallest absolute Gasteiger partial charge is 0.151 e. The summed E-state index contributed by atoms with van der Waals surface area (Å²) in [5, 5.41) is 11.2. The Labute approximate surface area is 128 Å². The maximum atomic E-state index is 9.06. The Bertz CT molecular complexity index is 833. The molecule has 3 rings (SSSR count). The van der Waals surface area contributed by atoms with Crippen LogP contribution in [0.4, 0.5) is 0 Å². The van der Waals surface area contributed by atoms with Gasteiger partial charge < -0.3 is 4.57 Å². The molecule has 3 nitrogen and oxygen atoms in total. The highest BCUT2D eigenvalue weighted by Crippen LogP contribution is 2.32. The van der Waals surface area contributed by atoms with Crippen molar-refractivity contribution in [2.24, 2.45) is 5.92 Å². The van der Waals surface area contributed by atoms with Gasteiger partial charge in [-0.2, -0.15) is 5.26 Å². The zero-order valence-corrected chi connectivity index (χ0v) is 13.2. The Kier molecular flexibility index (Phi) is 3.52. The van der Waals surface area contributed by atoms with Gasteiger partial charge in [-0.05, 0) is 48.1 Å². The minimum absolute atomic E-state index is 0.539. The molecule has 0 fully saturated rings. The van der Waals surface area contributed by atoms with Crippen molar-refractivity contribution in [3.63, 3.8) is 0 Å². The van der Waals surface area contributed by atoms with E-state index in [2.05, 4.69) is 42.9 Å². The molecule has 0 spiro atoms. The van der Waals surface area contributed by atoms with E-state index in [0.29, 0.717) is 11.5 Å². The van der Waals surface area contributed by atoms with E-state index in [1.54, 1.807) is 11.3 Å². The number of rotatable bonds is 3. The van der Waals surface area contributed by atoms with Crippen LogP contribution in [0, 0.1) is 24.2 Å². The molecule has 0 radical (unpaired) electrons. The van der Waals surface area contributed by atoms with Crippen LogP contribution in [0.25, 0.3) is 21.7 Å². The molecule has 1 aromatic carbocycles. The highest BCUT2D eigenvalue weighted by Gasteiger charge is 2.16. The number of benzene rings is 1. The molecule has 2 heterocycles. The Morgan fingerprint density at radius 3 is 2.76 bits per heavy atom. The SMILES string of the molecule is Cc1ccsc1-c1nc2cc(C#N)ccc2n1CC(C)C. The van der Waals surface area contributed by atoms with Crippen LogP contribution >= 0.6 is 11.3 Å². The predicted octanol–water partition coefficient (Wildman–Crippen LogP) is 4.60. The first-order valence-electron chi connectivity index (χ1n) is 7.05. The molecule has 4 heteroatoms. The quantitative estimate of drug-likeness (QED) is 0.708. The van der Waals surface area contributed by atoms with Crippen molar-refractivity contribution < 1.29 is 0 Å². The third-order valence-corrected chi connectivity index (χ3v) is 4.50. The van der Waals surface area contributed by atoms with Crippen molar-refractivity contribution in [3.05, 3.63) is 40.8 Å². The predicted molar refractivity (Wildman–Crippen MR) is 87.3 cm³/mol. The van der Waals surface area contributed by atoms with Crippen LogP contribution in [0.2, 0.25) is 0 Å². The lowest BCUT2D eigenvalue weighted by molar-refractivity contribution is 0.537. The molecule has 106 valence electrons. The van der Waals surface area contributed by atoms with Gasteiger partial charge in [-0.15, -0.1) is 11.3 Å². The Balaban J connectivity index is 2.27. The zero-order chi connectivity index (χ0) is 15.0. The second-order valence-corrected chi connectivity index (χ2v) is 6.60. The first kappa shape index (κ1) is 13.8. The van der Waals surface area contributed by atoms with Crippen LogP contribution in [0.1, 0.15) is 25.0 Å². The molecule has 3 aromatic rings. The fourth-order valence-corrected chi connectivity index (χ4v) is 3.45. The summed E-state index contributed by atoms with van der Waals surface area (Å²) >= 11 is 1.72. The highest BCUT2D eigenvalue weighted by atomic mass is 32.1. The molecular weight excluding hydrogens is 278 g/mol. The summed E-state index contributed by atoms with van der Waals surface area (Å²) in [5.74, 6) is 1.55. The molecule has 0 aliphatic heterocycles. The molecule has 0 saturated carbocycles. The van der Waals surface area contributed by atoms with E-state index in [0.717, 1.165) is 23.4 Å². The van der Waals surface area contributed by atoms with Crippen molar-refractivity contribution in [2.45, 2.75) is 27.3 Å². The average molecular weight is 295 g/mol. The van der Waals surface area contributed by atoms with Crippen LogP contribution in [0.3, 0.4) is 0 Å². The van der Waals surface area contributed by atoms with Gasteiger partial charge in [0.15, 0.2) is 5.82 Å². The number of nitrogens with zero attached hydrogens (tertiary/aromatic N) is 3. The first-order valence-corrected chi connectivity index (χ1v) is 7.93. The summed E-state index contributed by atoms with van der Waals surface area (Å²) < 4.78 is 2.28. The second-order valence-electron chi connectivity index (χ2n) is 5.69. The first-order chi connectivity index (χ1) is 10.1. The van der Waals surface area contributed by atoms with E-state index >= 15 is 0 Å². The lowest BCUT2D eigenvalue weighted by Gasteiger charge is -2.11. The maximum Gasteiger partial charge on any atom is 0.151 e. The van der Waals surface area contributed by atoms with Crippen molar-refractivity contribution >= 4 is 22.4 Å². The number of aromatic nitrogens is 2. The summed E-state index contributed by atoms with van der Waals surface area (Å²) in [6, 6.07) is 10.1. The Morgan fingerprint density at radius 1 is 1.33 bits per heavy atom. The molecule has 0 amide bonds. The van der Waals surface area contributed by atoms with E-state index < -0.39 is 0 Å². The molecule has 0 aliphatic carbocycles. The Hall–Kier alpha value is -2.12. The van der Waals surface area contributed by atoms with E-state index in [4.69, 9.17) is 10.2 Å². The van der Waals surface area contributed by atoms with Gasteiger partial charge in [0.05, 0.1) is 27.5 Å². The van der Waals surface area contributed by atoms with E-state index in [9.17, 15) is 0 Å². The van der Waals surface area contributed by atoms with Crippen molar-refractivity contribution in [1.82, 2.24) is 9.55 Å². The van der Waals surface area contributed by atoms with Gasteiger partial charge >= 0.3 is 0 Å². The highest BCUT2D eigenvalue weighted by molar-refractivity contribution is 7.13. The monoisotopic (exact) mass is 295 g/mol. The van der Waals surface area contributed by atoms with Crippen LogP contribution in [-0.2, 0) is 6.54 Å². The largest absolute Gasteiger partial charge is 0.323 e. The minimum Gasteiger partial charge on any atom is -0.323 e. The fourth-order valence-electron chi connectivity index (χ4n) is 2.52.